The molecule has 0 bridgehead atoms. The van der Waals surface area contributed by atoms with Crippen molar-refractivity contribution >= 4 is 11.3 Å². The summed E-state index contributed by atoms with van der Waals surface area (Å²) in [5, 5.41) is 13.0. The molecule has 1 aromatic carbocycles. The maximum Gasteiger partial charge on any atom is 0.0263 e. The average molecular weight is 218 g/mol. The molecular weight excluding hydrogens is 198 g/mol. The first-order valence-electron chi connectivity index (χ1n) is 5.57. The van der Waals surface area contributed by atoms with Gasteiger partial charge < -0.3 is 10.3 Å². The molecule has 0 aliphatic rings. The highest BCUT2D eigenvalue weighted by Crippen LogP contribution is 2.24. The number of benzene rings is 1. The van der Waals surface area contributed by atoms with E-state index in [2.05, 4.69) is 13.0 Å². The van der Waals surface area contributed by atoms with Gasteiger partial charge in [-0.3, -0.25) is 0 Å². The zero-order valence-electron chi connectivity index (χ0n) is 10.7. The maximum absolute atomic E-state index is 11.9. The lowest BCUT2D eigenvalue weighted by molar-refractivity contribution is 0.557. The van der Waals surface area contributed by atoms with Crippen LogP contribution in [0.15, 0.2) is 30.3 Å². The quantitative estimate of drug-likeness (QED) is 0.695. The average Bonchev–Trinajstić information content (AvgIpc) is 2.26. The van der Waals surface area contributed by atoms with Gasteiger partial charge in [-0.05, 0) is 57.9 Å². The van der Waals surface area contributed by atoms with Crippen molar-refractivity contribution in [2.24, 2.45) is 0 Å². The zero-order chi connectivity index (χ0) is 12.3. The molecule has 0 atom stereocenters. The van der Waals surface area contributed by atoms with Crippen LogP contribution in [0.1, 0.15) is 40.2 Å². The van der Waals surface area contributed by atoms with Gasteiger partial charge in [0.2, 0.25) is 0 Å². The van der Waals surface area contributed by atoms with Crippen molar-refractivity contribution in [3.63, 3.8) is 0 Å². The lowest BCUT2D eigenvalue weighted by Crippen LogP contribution is -2.36. The normalized spacial score (nSPS) is 12.8. The predicted octanol–water partition coefficient (Wildman–Crippen LogP) is 4.21. The zero-order valence-corrected chi connectivity index (χ0v) is 10.7. The van der Waals surface area contributed by atoms with E-state index in [1.807, 2.05) is 52.0 Å². The van der Waals surface area contributed by atoms with Crippen LogP contribution >= 0.6 is 0 Å². The smallest absolute Gasteiger partial charge is 0.0263 e. The van der Waals surface area contributed by atoms with Gasteiger partial charge in [0.1, 0.15) is 0 Å². The Labute approximate surface area is 98.2 Å². The molecule has 88 valence electrons. The highest BCUT2D eigenvalue weighted by Gasteiger charge is 2.12. The van der Waals surface area contributed by atoms with Gasteiger partial charge in [-0.2, -0.15) is 0 Å². The minimum atomic E-state index is -0.392. The molecule has 2 nitrogen and oxygen atoms in total. The van der Waals surface area contributed by atoms with E-state index in [1.165, 1.54) is 5.57 Å². The number of hydroxylamine groups is 1. The Morgan fingerprint density at radius 2 is 1.69 bits per heavy atom. The van der Waals surface area contributed by atoms with Crippen LogP contribution in [0.25, 0.3) is 5.57 Å². The van der Waals surface area contributed by atoms with Gasteiger partial charge in [-0.15, -0.1) is 0 Å². The molecule has 1 aromatic rings. The minimum Gasteiger partial charge on any atom is -0.758 e. The van der Waals surface area contributed by atoms with Crippen molar-refractivity contribution in [3.05, 3.63) is 41.1 Å². The van der Waals surface area contributed by atoms with Gasteiger partial charge in [0.05, 0.1) is 0 Å². The van der Waals surface area contributed by atoms with E-state index in [0.29, 0.717) is 5.69 Å². The number of allylic oxidation sites excluding steroid dienone is 2. The molecular formula is C14H20NO-. The summed E-state index contributed by atoms with van der Waals surface area (Å²) in [7, 11) is 0. The van der Waals surface area contributed by atoms with E-state index in [0.717, 1.165) is 10.6 Å². The second kappa shape index (κ2) is 4.71. The summed E-state index contributed by atoms with van der Waals surface area (Å²) in [6.45, 7) is 9.80. The molecule has 0 saturated carbocycles. The number of nitrogens with zero attached hydrogens (tertiary/aromatic N) is 1. The Hall–Kier alpha value is -1.28. The van der Waals surface area contributed by atoms with E-state index in [1.54, 1.807) is 0 Å². The Kier molecular flexibility index (Phi) is 3.76. The van der Waals surface area contributed by atoms with E-state index < -0.39 is 5.54 Å². The molecule has 0 aromatic heterocycles. The van der Waals surface area contributed by atoms with Crippen LogP contribution in [0, 0.1) is 5.21 Å². The van der Waals surface area contributed by atoms with Crippen molar-refractivity contribution in [2.45, 2.75) is 40.2 Å². The molecule has 0 N–H and O–H groups in total. The van der Waals surface area contributed by atoms with Crippen molar-refractivity contribution in [2.75, 3.05) is 5.06 Å². The first-order chi connectivity index (χ1) is 7.36. The number of anilines is 1. The molecule has 0 saturated heterocycles. The fourth-order valence-electron chi connectivity index (χ4n) is 1.41. The van der Waals surface area contributed by atoms with Crippen molar-refractivity contribution in [1.82, 2.24) is 0 Å². The molecule has 16 heavy (non-hydrogen) atoms. The number of hydrogen-bond acceptors (Lipinski definition) is 2. The summed E-state index contributed by atoms with van der Waals surface area (Å²) >= 11 is 0. The third-order valence-corrected chi connectivity index (χ3v) is 2.60. The molecule has 0 fully saturated rings. The van der Waals surface area contributed by atoms with Gasteiger partial charge in [0.15, 0.2) is 0 Å². The van der Waals surface area contributed by atoms with Crippen LogP contribution in [0.3, 0.4) is 0 Å². The van der Waals surface area contributed by atoms with Crippen molar-refractivity contribution < 1.29 is 0 Å². The van der Waals surface area contributed by atoms with Crippen LogP contribution in [0.2, 0.25) is 0 Å². The Morgan fingerprint density at radius 1 is 1.19 bits per heavy atom. The topological polar surface area (TPSA) is 26.3 Å². The Bertz CT molecular complexity index is 371. The number of hydrogen-bond donors (Lipinski definition) is 0. The fourth-order valence-corrected chi connectivity index (χ4v) is 1.41. The molecule has 0 amide bonds. The summed E-state index contributed by atoms with van der Waals surface area (Å²) in [5.74, 6) is 0. The summed E-state index contributed by atoms with van der Waals surface area (Å²) < 4.78 is 0. The van der Waals surface area contributed by atoms with E-state index in [-0.39, 0.29) is 0 Å². The molecule has 0 aliphatic heterocycles. The SMILES string of the molecule is C/C=C(/C)c1ccc(N([O-])C(C)(C)C)cc1. The first kappa shape index (κ1) is 12.8. The van der Waals surface area contributed by atoms with Crippen LogP contribution in [0.4, 0.5) is 5.69 Å². The third kappa shape index (κ3) is 2.86. The van der Waals surface area contributed by atoms with Crippen LogP contribution in [0.5, 0.6) is 0 Å². The van der Waals surface area contributed by atoms with Gasteiger partial charge in [0, 0.05) is 11.2 Å². The maximum atomic E-state index is 11.9. The van der Waals surface area contributed by atoms with Gasteiger partial charge in [-0.25, -0.2) is 0 Å². The van der Waals surface area contributed by atoms with Crippen LogP contribution in [-0.2, 0) is 0 Å². The molecule has 2 heteroatoms. The Balaban J connectivity index is 2.96. The number of rotatable bonds is 2. The monoisotopic (exact) mass is 218 g/mol. The van der Waals surface area contributed by atoms with Gasteiger partial charge in [-0.1, -0.05) is 18.2 Å². The summed E-state index contributed by atoms with van der Waals surface area (Å²) in [5.41, 5.74) is 2.70. The van der Waals surface area contributed by atoms with Crippen LogP contribution < -0.4 is 5.06 Å². The Morgan fingerprint density at radius 3 is 2.06 bits per heavy atom. The van der Waals surface area contributed by atoms with E-state index in [4.69, 9.17) is 0 Å². The fraction of sp³-hybridized carbons (Fsp3) is 0.429. The third-order valence-electron chi connectivity index (χ3n) is 2.60. The van der Waals surface area contributed by atoms with E-state index in [9.17, 15) is 5.21 Å². The minimum absolute atomic E-state index is 0.392. The molecule has 0 spiro atoms. The second-order valence-electron chi connectivity index (χ2n) is 4.98. The summed E-state index contributed by atoms with van der Waals surface area (Å²) in [6, 6.07) is 7.73. The largest absolute Gasteiger partial charge is 0.758 e. The lowest BCUT2D eigenvalue weighted by atomic mass is 10.0. The van der Waals surface area contributed by atoms with E-state index >= 15 is 0 Å². The first-order valence-corrected chi connectivity index (χ1v) is 5.57. The van der Waals surface area contributed by atoms with Gasteiger partial charge in [0.25, 0.3) is 0 Å². The molecule has 0 radical (unpaired) electrons. The summed E-state index contributed by atoms with van der Waals surface area (Å²) in [4.78, 5) is 0. The predicted molar refractivity (Wildman–Crippen MR) is 71.4 cm³/mol. The highest BCUT2D eigenvalue weighted by atomic mass is 16.5. The van der Waals surface area contributed by atoms with Gasteiger partial charge >= 0.3 is 0 Å². The van der Waals surface area contributed by atoms with Crippen molar-refractivity contribution in [1.29, 1.82) is 0 Å². The lowest BCUT2D eigenvalue weighted by Gasteiger charge is -2.43. The van der Waals surface area contributed by atoms with Crippen molar-refractivity contribution in [3.8, 4) is 0 Å². The second-order valence-corrected chi connectivity index (χ2v) is 4.98. The van der Waals surface area contributed by atoms with Crippen LogP contribution in [-0.4, -0.2) is 5.54 Å². The molecule has 0 unspecified atom stereocenters. The highest BCUT2D eigenvalue weighted by molar-refractivity contribution is 5.66. The summed E-state index contributed by atoms with van der Waals surface area (Å²) in [6.07, 6.45) is 2.06. The standard InChI is InChI=1S/C14H20NO/c1-6-11(2)12-7-9-13(10-8-12)15(16)14(3,4)5/h6-10H,1-5H3/q-1/b11-6-. The molecule has 0 aliphatic carbocycles. The molecule has 1 rings (SSSR count). The molecule has 0 heterocycles.